The fourth-order valence-corrected chi connectivity index (χ4v) is 5.30. The molecule has 0 fully saturated rings. The summed E-state index contributed by atoms with van der Waals surface area (Å²) in [6.45, 7) is 5.02. The first kappa shape index (κ1) is 32.0. The molecule has 2 amide bonds. The predicted octanol–water partition coefficient (Wildman–Crippen LogP) is 5.41. The zero-order valence-electron chi connectivity index (χ0n) is 25.9. The second-order valence-electron chi connectivity index (χ2n) is 11.8. The van der Waals surface area contributed by atoms with Crippen molar-refractivity contribution in [1.29, 1.82) is 0 Å². The molecular weight excluding hydrogens is 588 g/mol. The first-order chi connectivity index (χ1) is 22.1. The molecule has 0 bridgehead atoms. The first-order valence-corrected chi connectivity index (χ1v) is 15.0. The zero-order valence-corrected chi connectivity index (χ0v) is 25.9. The van der Waals surface area contributed by atoms with Crippen molar-refractivity contribution < 1.29 is 28.6 Å². The van der Waals surface area contributed by atoms with Crippen LogP contribution in [0.4, 0.5) is 15.4 Å². The van der Waals surface area contributed by atoms with Crippen LogP contribution in [0, 0.1) is 0 Å². The maximum atomic E-state index is 13.0. The molecule has 0 saturated carbocycles. The normalized spacial score (nSPS) is 12.1. The topological polar surface area (TPSA) is 138 Å². The summed E-state index contributed by atoms with van der Waals surface area (Å²) in [6, 6.07) is 26.7. The van der Waals surface area contributed by atoms with E-state index in [0.29, 0.717) is 5.69 Å². The molecule has 1 aromatic heterocycles. The number of hydrogen-bond donors (Lipinski definition) is 2. The van der Waals surface area contributed by atoms with Crippen molar-refractivity contribution in [3.05, 3.63) is 118 Å². The average Bonchev–Trinajstić information content (AvgIpc) is 3.34. The molecule has 11 nitrogen and oxygen atoms in total. The van der Waals surface area contributed by atoms with Gasteiger partial charge in [-0.05, 0) is 48.6 Å². The number of hydrogen-bond acceptors (Lipinski definition) is 8. The molecule has 0 radical (unpaired) electrons. The van der Waals surface area contributed by atoms with Gasteiger partial charge in [-0.15, -0.1) is 0 Å². The summed E-state index contributed by atoms with van der Waals surface area (Å²) in [5.41, 5.74) is 4.04. The molecule has 46 heavy (non-hydrogen) atoms. The molecule has 238 valence electrons. The van der Waals surface area contributed by atoms with E-state index in [4.69, 9.17) is 14.2 Å². The highest BCUT2D eigenvalue weighted by atomic mass is 16.6. The minimum absolute atomic E-state index is 0.0271. The predicted molar refractivity (Wildman–Crippen MR) is 171 cm³/mol. The quantitative estimate of drug-likeness (QED) is 0.176. The molecule has 0 aliphatic heterocycles. The molecule has 1 aliphatic carbocycles. The van der Waals surface area contributed by atoms with Crippen LogP contribution in [-0.4, -0.2) is 46.5 Å². The highest BCUT2D eigenvalue weighted by molar-refractivity contribution is 5.83. The molecule has 3 aromatic carbocycles. The number of ether oxygens (including phenoxy) is 3. The average molecular weight is 625 g/mol. The fraction of sp³-hybridized carbons (Fsp3) is 0.286. The molecule has 1 aliphatic rings. The lowest BCUT2D eigenvalue weighted by atomic mass is 9.98. The molecule has 1 heterocycles. The van der Waals surface area contributed by atoms with E-state index in [1.54, 1.807) is 20.8 Å². The Bertz CT molecular complexity index is 1730. The third kappa shape index (κ3) is 8.17. The molecule has 0 atom stereocenters. The summed E-state index contributed by atoms with van der Waals surface area (Å²) >= 11 is 0. The number of rotatable bonds is 10. The number of nitrogens with one attached hydrogen (secondary N) is 2. The van der Waals surface area contributed by atoms with Gasteiger partial charge in [0.25, 0.3) is 0 Å². The van der Waals surface area contributed by atoms with Gasteiger partial charge >= 0.3 is 23.8 Å². The fourth-order valence-electron chi connectivity index (χ4n) is 5.30. The maximum absolute atomic E-state index is 13.0. The van der Waals surface area contributed by atoms with E-state index in [-0.39, 0.29) is 37.9 Å². The number of aromatic nitrogens is 2. The number of carbonyl (C=O) groups is 3. The van der Waals surface area contributed by atoms with Gasteiger partial charge in [0.1, 0.15) is 31.2 Å². The van der Waals surface area contributed by atoms with Gasteiger partial charge in [0.15, 0.2) is 0 Å². The first-order valence-electron chi connectivity index (χ1n) is 15.0. The SMILES string of the molecule is CC(C)(C)OC(=O)Cn1c(CCNC(=O)OCC2c3ccccc3-c3ccccc32)cc(NC(=O)OCc2ccccc2)nc1=O. The number of carbonyl (C=O) groups excluding carboxylic acids is 3. The van der Waals surface area contributed by atoms with Crippen LogP contribution in [-0.2, 0) is 38.6 Å². The molecule has 5 rings (SSSR count). The minimum atomic E-state index is -0.802. The van der Waals surface area contributed by atoms with Gasteiger partial charge in [-0.1, -0.05) is 78.9 Å². The van der Waals surface area contributed by atoms with Gasteiger partial charge in [-0.2, -0.15) is 4.98 Å². The van der Waals surface area contributed by atoms with Crippen LogP contribution < -0.4 is 16.3 Å². The van der Waals surface area contributed by atoms with Crippen molar-refractivity contribution in [2.24, 2.45) is 0 Å². The summed E-state index contributed by atoms with van der Waals surface area (Å²) in [7, 11) is 0. The van der Waals surface area contributed by atoms with E-state index < -0.39 is 36.0 Å². The summed E-state index contributed by atoms with van der Waals surface area (Å²) in [5, 5.41) is 5.18. The Balaban J connectivity index is 1.23. The van der Waals surface area contributed by atoms with E-state index in [1.807, 2.05) is 66.7 Å². The lowest BCUT2D eigenvalue weighted by Gasteiger charge is -2.21. The molecular formula is C35H36N4O7. The number of amides is 2. The van der Waals surface area contributed by atoms with Crippen LogP contribution in [0.2, 0.25) is 0 Å². The summed E-state index contributed by atoms with van der Waals surface area (Å²) in [5.74, 6) is -0.780. The Morgan fingerprint density at radius 2 is 1.48 bits per heavy atom. The van der Waals surface area contributed by atoms with Crippen LogP contribution in [0.25, 0.3) is 11.1 Å². The second-order valence-corrected chi connectivity index (χ2v) is 11.8. The van der Waals surface area contributed by atoms with Gasteiger partial charge in [0, 0.05) is 30.6 Å². The van der Waals surface area contributed by atoms with E-state index in [1.165, 1.54) is 6.07 Å². The highest BCUT2D eigenvalue weighted by Crippen LogP contribution is 2.44. The van der Waals surface area contributed by atoms with Crippen molar-refractivity contribution in [3.8, 4) is 11.1 Å². The monoisotopic (exact) mass is 624 g/mol. The molecule has 11 heteroatoms. The number of benzene rings is 3. The lowest BCUT2D eigenvalue weighted by molar-refractivity contribution is -0.155. The van der Waals surface area contributed by atoms with Crippen molar-refractivity contribution >= 4 is 24.0 Å². The van der Waals surface area contributed by atoms with Gasteiger partial charge < -0.3 is 19.5 Å². The molecule has 0 saturated heterocycles. The Kier molecular flexibility index (Phi) is 9.80. The largest absolute Gasteiger partial charge is 0.459 e. The van der Waals surface area contributed by atoms with E-state index in [2.05, 4.69) is 27.8 Å². The Morgan fingerprint density at radius 3 is 2.13 bits per heavy atom. The van der Waals surface area contributed by atoms with Gasteiger partial charge in [0.05, 0.1) is 0 Å². The van der Waals surface area contributed by atoms with Crippen molar-refractivity contribution in [2.75, 3.05) is 18.5 Å². The summed E-state index contributed by atoms with van der Waals surface area (Å²) < 4.78 is 17.4. The van der Waals surface area contributed by atoms with E-state index in [9.17, 15) is 19.2 Å². The molecule has 0 spiro atoms. The van der Waals surface area contributed by atoms with Crippen LogP contribution in [0.3, 0.4) is 0 Å². The molecule has 0 unspecified atom stereocenters. The van der Waals surface area contributed by atoms with Crippen LogP contribution in [0.5, 0.6) is 0 Å². The van der Waals surface area contributed by atoms with Crippen LogP contribution in [0.1, 0.15) is 49.1 Å². The number of alkyl carbamates (subject to hydrolysis) is 1. The number of anilines is 1. The number of fused-ring (bicyclic) bond motifs is 3. The van der Waals surface area contributed by atoms with Crippen LogP contribution in [0.15, 0.2) is 89.7 Å². The molecule has 2 N–H and O–H groups in total. The smallest absolute Gasteiger partial charge is 0.413 e. The standard InChI is InChI=1S/C35H36N4O7/c1-35(2,3)46-31(40)20-39-24(19-30(37-32(39)41)38-34(43)44-21-23-11-5-4-6-12-23)17-18-36-33(42)45-22-29-27-15-9-7-13-25(27)26-14-8-10-16-28(26)29/h4-16,19,29H,17-18,20-22H2,1-3H3,(H,36,42)(H,37,38,41,43). The molecule has 4 aromatic rings. The third-order valence-electron chi connectivity index (χ3n) is 7.24. The van der Waals surface area contributed by atoms with Crippen molar-refractivity contribution in [1.82, 2.24) is 14.9 Å². The highest BCUT2D eigenvalue weighted by Gasteiger charge is 2.29. The van der Waals surface area contributed by atoms with E-state index >= 15 is 0 Å². The second kappa shape index (κ2) is 14.1. The Morgan fingerprint density at radius 1 is 0.848 bits per heavy atom. The Hall–Kier alpha value is -5.45. The lowest BCUT2D eigenvalue weighted by Crippen LogP contribution is -2.35. The third-order valence-corrected chi connectivity index (χ3v) is 7.24. The van der Waals surface area contributed by atoms with Crippen LogP contribution >= 0.6 is 0 Å². The van der Waals surface area contributed by atoms with Crippen molar-refractivity contribution in [2.45, 2.75) is 51.9 Å². The van der Waals surface area contributed by atoms with Crippen molar-refractivity contribution in [3.63, 3.8) is 0 Å². The Labute approximate surface area is 266 Å². The number of nitrogens with zero attached hydrogens (tertiary/aromatic N) is 2. The number of esters is 1. The zero-order chi connectivity index (χ0) is 32.7. The summed E-state index contributed by atoms with van der Waals surface area (Å²) in [6.07, 6.45) is -1.30. The van der Waals surface area contributed by atoms with Gasteiger partial charge in [0.2, 0.25) is 0 Å². The van der Waals surface area contributed by atoms with Gasteiger partial charge in [-0.25, -0.2) is 14.4 Å². The minimum Gasteiger partial charge on any atom is -0.459 e. The summed E-state index contributed by atoms with van der Waals surface area (Å²) in [4.78, 5) is 54.7. The maximum Gasteiger partial charge on any atom is 0.413 e. The van der Waals surface area contributed by atoms with Gasteiger partial charge in [-0.3, -0.25) is 14.7 Å². The van der Waals surface area contributed by atoms with E-state index in [0.717, 1.165) is 32.4 Å².